The summed E-state index contributed by atoms with van der Waals surface area (Å²) in [5, 5.41) is 5.87. The van der Waals surface area contributed by atoms with Crippen molar-refractivity contribution in [3.63, 3.8) is 0 Å². The van der Waals surface area contributed by atoms with Gasteiger partial charge < -0.3 is 5.32 Å². The highest BCUT2D eigenvalue weighted by atomic mass is 32.1. The molecular formula is C12H17N3S. The molecule has 1 N–H and O–H groups in total. The predicted molar refractivity (Wildman–Crippen MR) is 67.0 cm³/mol. The highest BCUT2D eigenvalue weighted by Crippen LogP contribution is 2.18. The van der Waals surface area contributed by atoms with Crippen LogP contribution >= 0.6 is 11.3 Å². The maximum atomic E-state index is 4.29. The van der Waals surface area contributed by atoms with Gasteiger partial charge in [-0.25, -0.2) is 4.98 Å². The highest BCUT2D eigenvalue weighted by molar-refractivity contribution is 7.15. The molecule has 0 unspecified atom stereocenters. The molecule has 0 spiro atoms. The molecule has 0 bridgehead atoms. The minimum Gasteiger partial charge on any atom is -0.314 e. The second-order valence-electron chi connectivity index (χ2n) is 4.49. The molecule has 1 saturated carbocycles. The minimum atomic E-state index is 0.775. The first-order valence-corrected chi connectivity index (χ1v) is 6.94. The molecule has 0 radical (unpaired) electrons. The van der Waals surface area contributed by atoms with Crippen LogP contribution in [-0.4, -0.2) is 22.0 Å². The van der Waals surface area contributed by atoms with Gasteiger partial charge in [-0.05, 0) is 12.8 Å². The number of hydrogen-bond acceptors (Lipinski definition) is 3. The minimum absolute atomic E-state index is 0.775. The first kappa shape index (κ1) is 10.3. The van der Waals surface area contributed by atoms with Gasteiger partial charge in [0, 0.05) is 42.5 Å². The second-order valence-corrected chi connectivity index (χ2v) is 5.33. The third-order valence-electron chi connectivity index (χ3n) is 3.39. The molecule has 0 saturated heterocycles. The van der Waals surface area contributed by atoms with E-state index in [9.17, 15) is 0 Å². The normalized spacial score (nSPS) is 17.5. The van der Waals surface area contributed by atoms with E-state index >= 15 is 0 Å². The molecule has 2 aromatic heterocycles. The fourth-order valence-corrected chi connectivity index (χ4v) is 3.37. The molecule has 2 aromatic rings. The van der Waals surface area contributed by atoms with Gasteiger partial charge in [0.2, 0.25) is 0 Å². The first-order valence-electron chi connectivity index (χ1n) is 6.06. The lowest BCUT2D eigenvalue weighted by Crippen LogP contribution is -2.28. The van der Waals surface area contributed by atoms with E-state index in [1.807, 2.05) is 6.20 Å². The van der Waals surface area contributed by atoms with E-state index in [0.29, 0.717) is 0 Å². The van der Waals surface area contributed by atoms with E-state index < -0.39 is 0 Å². The summed E-state index contributed by atoms with van der Waals surface area (Å²) in [6, 6.07) is 0.775. The quantitative estimate of drug-likeness (QED) is 0.882. The standard InChI is InChI=1S/C12H17N3S/c1-2-4-10(3-1)13-6-5-11-9-16-12-14-7-8-15(11)12/h7-10,13H,1-6H2. The molecule has 16 heavy (non-hydrogen) atoms. The number of imidazole rings is 1. The summed E-state index contributed by atoms with van der Waals surface area (Å²) in [7, 11) is 0. The summed E-state index contributed by atoms with van der Waals surface area (Å²) in [4.78, 5) is 5.39. The Hall–Kier alpha value is -0.870. The third-order valence-corrected chi connectivity index (χ3v) is 4.29. The monoisotopic (exact) mass is 235 g/mol. The van der Waals surface area contributed by atoms with Gasteiger partial charge in [0.15, 0.2) is 4.96 Å². The number of nitrogens with one attached hydrogen (secondary N) is 1. The average molecular weight is 235 g/mol. The summed E-state index contributed by atoms with van der Waals surface area (Å²) in [6.45, 7) is 1.09. The van der Waals surface area contributed by atoms with Crippen molar-refractivity contribution in [1.82, 2.24) is 14.7 Å². The van der Waals surface area contributed by atoms with Gasteiger partial charge in [-0.15, -0.1) is 11.3 Å². The SMILES string of the molecule is c1cn2c(CCNC3CCCC3)csc2n1. The third kappa shape index (κ3) is 1.99. The Balaban J connectivity index is 1.56. The maximum Gasteiger partial charge on any atom is 0.193 e. The van der Waals surface area contributed by atoms with Crippen molar-refractivity contribution in [2.75, 3.05) is 6.54 Å². The fraction of sp³-hybridized carbons (Fsp3) is 0.583. The van der Waals surface area contributed by atoms with E-state index in [1.54, 1.807) is 11.3 Å². The van der Waals surface area contributed by atoms with Gasteiger partial charge in [-0.1, -0.05) is 12.8 Å². The molecule has 3 rings (SSSR count). The predicted octanol–water partition coefficient (Wildman–Crippen LogP) is 2.47. The van der Waals surface area contributed by atoms with Crippen molar-refractivity contribution in [1.29, 1.82) is 0 Å². The van der Waals surface area contributed by atoms with E-state index in [0.717, 1.165) is 24.0 Å². The van der Waals surface area contributed by atoms with Crippen LogP contribution in [0.15, 0.2) is 17.8 Å². The summed E-state index contributed by atoms with van der Waals surface area (Å²) < 4.78 is 2.20. The lowest BCUT2D eigenvalue weighted by molar-refractivity contribution is 0.525. The topological polar surface area (TPSA) is 29.3 Å². The summed E-state index contributed by atoms with van der Waals surface area (Å²) in [6.07, 6.45) is 10.6. The highest BCUT2D eigenvalue weighted by Gasteiger charge is 2.13. The van der Waals surface area contributed by atoms with E-state index in [2.05, 4.69) is 26.3 Å². The molecule has 0 amide bonds. The van der Waals surface area contributed by atoms with Crippen molar-refractivity contribution in [2.24, 2.45) is 0 Å². The zero-order chi connectivity index (χ0) is 10.8. The van der Waals surface area contributed by atoms with Gasteiger partial charge in [-0.2, -0.15) is 0 Å². The van der Waals surface area contributed by atoms with Crippen LogP contribution in [0.25, 0.3) is 4.96 Å². The number of fused-ring (bicyclic) bond motifs is 1. The Morgan fingerprint density at radius 2 is 2.31 bits per heavy atom. The van der Waals surface area contributed by atoms with Crippen LogP contribution in [0, 0.1) is 0 Å². The van der Waals surface area contributed by atoms with Crippen molar-refractivity contribution in [3.05, 3.63) is 23.5 Å². The van der Waals surface area contributed by atoms with Gasteiger partial charge in [0.1, 0.15) is 0 Å². The molecule has 0 aromatic carbocycles. The van der Waals surface area contributed by atoms with Crippen molar-refractivity contribution in [3.8, 4) is 0 Å². The van der Waals surface area contributed by atoms with Gasteiger partial charge in [0.25, 0.3) is 0 Å². The molecular weight excluding hydrogens is 218 g/mol. The van der Waals surface area contributed by atoms with Crippen LogP contribution in [-0.2, 0) is 6.42 Å². The second kappa shape index (κ2) is 4.55. The van der Waals surface area contributed by atoms with Crippen LogP contribution in [0.3, 0.4) is 0 Å². The number of nitrogens with zero attached hydrogens (tertiary/aromatic N) is 2. The Kier molecular flexibility index (Phi) is 2.93. The lowest BCUT2D eigenvalue weighted by atomic mass is 10.2. The van der Waals surface area contributed by atoms with Crippen LogP contribution in [0.1, 0.15) is 31.4 Å². The number of aromatic nitrogens is 2. The molecule has 3 nitrogen and oxygen atoms in total. The maximum absolute atomic E-state index is 4.29. The smallest absolute Gasteiger partial charge is 0.193 e. The lowest BCUT2D eigenvalue weighted by Gasteiger charge is -2.10. The molecule has 0 atom stereocenters. The van der Waals surface area contributed by atoms with Gasteiger partial charge in [0.05, 0.1) is 0 Å². The fourth-order valence-electron chi connectivity index (χ4n) is 2.49. The Labute approximate surface area is 99.5 Å². The van der Waals surface area contributed by atoms with Crippen molar-refractivity contribution < 1.29 is 0 Å². The largest absolute Gasteiger partial charge is 0.314 e. The van der Waals surface area contributed by atoms with E-state index in [4.69, 9.17) is 0 Å². The number of hydrogen-bond donors (Lipinski definition) is 1. The molecule has 1 aliphatic carbocycles. The van der Waals surface area contributed by atoms with Crippen LogP contribution < -0.4 is 5.32 Å². The van der Waals surface area contributed by atoms with Crippen molar-refractivity contribution >= 4 is 16.3 Å². The van der Waals surface area contributed by atoms with Gasteiger partial charge in [-0.3, -0.25) is 4.40 Å². The summed E-state index contributed by atoms with van der Waals surface area (Å²) in [5.41, 5.74) is 1.38. The van der Waals surface area contributed by atoms with Crippen LogP contribution in [0.5, 0.6) is 0 Å². The Bertz CT molecular complexity index is 453. The van der Waals surface area contributed by atoms with Crippen molar-refractivity contribution in [2.45, 2.75) is 38.1 Å². The zero-order valence-electron chi connectivity index (χ0n) is 9.35. The van der Waals surface area contributed by atoms with E-state index in [1.165, 1.54) is 31.4 Å². The number of rotatable bonds is 4. The first-order chi connectivity index (χ1) is 7.93. The summed E-state index contributed by atoms with van der Waals surface area (Å²) in [5.74, 6) is 0. The van der Waals surface area contributed by atoms with Gasteiger partial charge >= 0.3 is 0 Å². The van der Waals surface area contributed by atoms with Crippen LogP contribution in [0.2, 0.25) is 0 Å². The zero-order valence-corrected chi connectivity index (χ0v) is 10.2. The Morgan fingerprint density at radius 1 is 1.44 bits per heavy atom. The van der Waals surface area contributed by atoms with E-state index in [-0.39, 0.29) is 0 Å². The molecule has 0 aliphatic heterocycles. The average Bonchev–Trinajstić information content (AvgIpc) is 2.95. The molecule has 4 heteroatoms. The molecule has 1 aliphatic rings. The molecule has 1 fully saturated rings. The molecule has 2 heterocycles. The number of thiazole rings is 1. The van der Waals surface area contributed by atoms with Crippen LogP contribution in [0.4, 0.5) is 0 Å². The molecule has 86 valence electrons. The summed E-state index contributed by atoms with van der Waals surface area (Å²) >= 11 is 1.73. The Morgan fingerprint density at radius 3 is 3.19 bits per heavy atom.